The molecule has 0 fully saturated rings. The molecule has 0 spiro atoms. The van der Waals surface area contributed by atoms with Crippen molar-refractivity contribution in [2.45, 2.75) is 39.2 Å². The zero-order valence-electron chi connectivity index (χ0n) is 7.81. The smallest absolute Gasteiger partial charge is 0.243 e. The summed E-state index contributed by atoms with van der Waals surface area (Å²) < 4.78 is 0. The molecule has 4 nitrogen and oxygen atoms in total. The fourth-order valence-corrected chi connectivity index (χ4v) is 1.17. The molecule has 70 valence electrons. The molecular formula is C8H16N2O2. The number of amides is 2. The van der Waals surface area contributed by atoms with Crippen LogP contribution in [0, 0.1) is 0 Å². The molecule has 4 heteroatoms. The molecule has 0 heterocycles. The Kier molecular flexibility index (Phi) is 3.73. The maximum Gasteiger partial charge on any atom is 0.243 e. The molecule has 0 radical (unpaired) electrons. The van der Waals surface area contributed by atoms with Gasteiger partial charge in [0.2, 0.25) is 11.8 Å². The molecule has 0 unspecified atom stereocenters. The number of nitrogens with one attached hydrogen (secondary N) is 1. The van der Waals surface area contributed by atoms with Gasteiger partial charge < -0.3 is 11.1 Å². The minimum Gasteiger partial charge on any atom is -0.368 e. The van der Waals surface area contributed by atoms with Gasteiger partial charge in [0.1, 0.15) is 5.54 Å². The zero-order valence-corrected chi connectivity index (χ0v) is 7.81. The fraction of sp³-hybridized carbons (Fsp3) is 0.750. The summed E-state index contributed by atoms with van der Waals surface area (Å²) in [6.07, 6.45) is 1.05. The Morgan fingerprint density at radius 3 is 1.83 bits per heavy atom. The predicted molar refractivity (Wildman–Crippen MR) is 46.3 cm³/mol. The minimum absolute atomic E-state index is 0.225. The van der Waals surface area contributed by atoms with E-state index in [0.717, 1.165) is 0 Å². The normalized spacial score (nSPS) is 10.9. The van der Waals surface area contributed by atoms with Crippen LogP contribution in [0.5, 0.6) is 0 Å². The molecule has 0 aliphatic rings. The van der Waals surface area contributed by atoms with Crippen LogP contribution in [0.4, 0.5) is 0 Å². The number of primary amides is 1. The Bertz CT molecular complexity index is 185. The molecule has 3 N–H and O–H groups in total. The van der Waals surface area contributed by atoms with Gasteiger partial charge in [0.25, 0.3) is 0 Å². The summed E-state index contributed by atoms with van der Waals surface area (Å²) in [7, 11) is 0. The van der Waals surface area contributed by atoms with Gasteiger partial charge in [0.05, 0.1) is 0 Å². The summed E-state index contributed by atoms with van der Waals surface area (Å²) >= 11 is 0. The van der Waals surface area contributed by atoms with E-state index in [2.05, 4.69) is 5.32 Å². The number of carbonyl (C=O) groups is 2. The van der Waals surface area contributed by atoms with E-state index in [4.69, 9.17) is 5.73 Å². The van der Waals surface area contributed by atoms with Crippen LogP contribution in [0.1, 0.15) is 33.6 Å². The number of hydrogen-bond donors (Lipinski definition) is 2. The third kappa shape index (κ3) is 2.22. The molecule has 12 heavy (non-hydrogen) atoms. The Morgan fingerprint density at radius 1 is 1.33 bits per heavy atom. The predicted octanol–water partition coefficient (Wildman–Crippen LogP) is 0.167. The molecule has 0 rings (SSSR count). The van der Waals surface area contributed by atoms with Crippen molar-refractivity contribution < 1.29 is 9.59 Å². The minimum atomic E-state index is -0.855. The van der Waals surface area contributed by atoms with E-state index >= 15 is 0 Å². The summed E-state index contributed by atoms with van der Waals surface area (Å²) in [5.41, 5.74) is 4.33. The molecule has 0 saturated carbocycles. The fourth-order valence-electron chi connectivity index (χ4n) is 1.17. The monoisotopic (exact) mass is 172 g/mol. The van der Waals surface area contributed by atoms with Gasteiger partial charge in [-0.15, -0.1) is 0 Å². The first-order valence-corrected chi connectivity index (χ1v) is 4.07. The van der Waals surface area contributed by atoms with Crippen molar-refractivity contribution in [2.75, 3.05) is 0 Å². The van der Waals surface area contributed by atoms with Gasteiger partial charge in [-0.25, -0.2) is 0 Å². The van der Waals surface area contributed by atoms with Crippen molar-refractivity contribution in [1.82, 2.24) is 5.32 Å². The second-order valence-electron chi connectivity index (χ2n) is 2.83. The average Bonchev–Trinajstić information content (AvgIpc) is 1.99. The average molecular weight is 172 g/mol. The van der Waals surface area contributed by atoms with Crippen LogP contribution < -0.4 is 11.1 Å². The van der Waals surface area contributed by atoms with E-state index < -0.39 is 11.4 Å². The molecule has 0 aliphatic heterocycles. The zero-order chi connectivity index (χ0) is 9.78. The summed E-state index contributed by atoms with van der Waals surface area (Å²) in [6, 6.07) is 0. The highest BCUT2D eigenvalue weighted by Gasteiger charge is 2.33. The maximum absolute atomic E-state index is 11.0. The van der Waals surface area contributed by atoms with Crippen LogP contribution in [0.3, 0.4) is 0 Å². The molecule has 2 amide bonds. The van der Waals surface area contributed by atoms with Crippen molar-refractivity contribution in [3.05, 3.63) is 0 Å². The lowest BCUT2D eigenvalue weighted by atomic mass is 9.92. The SMILES string of the molecule is CCC(CC)(NC(C)=O)C(N)=O. The number of hydrogen-bond acceptors (Lipinski definition) is 2. The largest absolute Gasteiger partial charge is 0.368 e. The van der Waals surface area contributed by atoms with E-state index in [1.54, 1.807) is 0 Å². The van der Waals surface area contributed by atoms with Crippen LogP contribution in [0.25, 0.3) is 0 Å². The highest BCUT2D eigenvalue weighted by molar-refractivity contribution is 5.89. The van der Waals surface area contributed by atoms with Gasteiger partial charge in [-0.2, -0.15) is 0 Å². The lowest BCUT2D eigenvalue weighted by Gasteiger charge is -2.28. The summed E-state index contributed by atoms with van der Waals surface area (Å²) in [4.78, 5) is 21.8. The van der Waals surface area contributed by atoms with Gasteiger partial charge in [-0.3, -0.25) is 9.59 Å². The topological polar surface area (TPSA) is 72.2 Å². The molecule has 0 atom stereocenters. The van der Waals surface area contributed by atoms with Crippen LogP contribution >= 0.6 is 0 Å². The molecule has 0 aromatic rings. The van der Waals surface area contributed by atoms with E-state index in [0.29, 0.717) is 12.8 Å². The van der Waals surface area contributed by atoms with Gasteiger partial charge in [-0.05, 0) is 12.8 Å². The van der Waals surface area contributed by atoms with Crippen LogP contribution in [-0.2, 0) is 9.59 Å². The van der Waals surface area contributed by atoms with Crippen molar-refractivity contribution in [3.8, 4) is 0 Å². The van der Waals surface area contributed by atoms with Gasteiger partial charge >= 0.3 is 0 Å². The highest BCUT2D eigenvalue weighted by Crippen LogP contribution is 2.13. The van der Waals surface area contributed by atoms with Crippen molar-refractivity contribution >= 4 is 11.8 Å². The Morgan fingerprint density at radius 2 is 1.75 bits per heavy atom. The number of rotatable bonds is 4. The first-order chi connectivity index (χ1) is 5.48. The standard InChI is InChI=1S/C8H16N2O2/c1-4-8(5-2,7(9)12)10-6(3)11/h4-5H2,1-3H3,(H2,9,12)(H,10,11). The van der Waals surface area contributed by atoms with Crippen LogP contribution in [-0.4, -0.2) is 17.4 Å². The molecule has 0 bridgehead atoms. The molecule has 0 saturated heterocycles. The van der Waals surface area contributed by atoms with E-state index in [9.17, 15) is 9.59 Å². The van der Waals surface area contributed by atoms with Crippen LogP contribution in [0.15, 0.2) is 0 Å². The lowest BCUT2D eigenvalue weighted by molar-refractivity contribution is -0.131. The van der Waals surface area contributed by atoms with E-state index in [1.165, 1.54) is 6.92 Å². The van der Waals surface area contributed by atoms with E-state index in [1.807, 2.05) is 13.8 Å². The van der Waals surface area contributed by atoms with Crippen molar-refractivity contribution in [3.63, 3.8) is 0 Å². The number of carbonyl (C=O) groups excluding carboxylic acids is 2. The first-order valence-electron chi connectivity index (χ1n) is 4.07. The Labute approximate surface area is 72.5 Å². The third-order valence-corrected chi connectivity index (χ3v) is 2.09. The van der Waals surface area contributed by atoms with Gasteiger partial charge in [0.15, 0.2) is 0 Å². The Balaban J connectivity index is 4.58. The van der Waals surface area contributed by atoms with Gasteiger partial charge in [0, 0.05) is 6.92 Å². The first kappa shape index (κ1) is 10.9. The molecule has 0 aliphatic carbocycles. The molecular weight excluding hydrogens is 156 g/mol. The maximum atomic E-state index is 11.0. The van der Waals surface area contributed by atoms with Crippen molar-refractivity contribution in [1.29, 1.82) is 0 Å². The Hall–Kier alpha value is -1.06. The highest BCUT2D eigenvalue weighted by atomic mass is 16.2. The quantitative estimate of drug-likeness (QED) is 0.634. The molecule has 0 aromatic heterocycles. The van der Waals surface area contributed by atoms with Gasteiger partial charge in [-0.1, -0.05) is 13.8 Å². The van der Waals surface area contributed by atoms with Crippen LogP contribution in [0.2, 0.25) is 0 Å². The summed E-state index contributed by atoms with van der Waals surface area (Å²) in [5, 5.41) is 2.58. The van der Waals surface area contributed by atoms with Crippen molar-refractivity contribution in [2.24, 2.45) is 5.73 Å². The summed E-state index contributed by atoms with van der Waals surface area (Å²) in [5.74, 6) is -0.694. The number of nitrogens with two attached hydrogens (primary N) is 1. The second kappa shape index (κ2) is 4.09. The second-order valence-corrected chi connectivity index (χ2v) is 2.83. The lowest BCUT2D eigenvalue weighted by Crippen LogP contribution is -2.56. The third-order valence-electron chi connectivity index (χ3n) is 2.09. The summed E-state index contributed by atoms with van der Waals surface area (Å²) in [6.45, 7) is 5.03. The molecule has 0 aromatic carbocycles. The van der Waals surface area contributed by atoms with E-state index in [-0.39, 0.29) is 5.91 Å².